The summed E-state index contributed by atoms with van der Waals surface area (Å²) < 4.78 is 0. The Balaban J connectivity index is 2.07. The molecule has 0 unspecified atom stereocenters. The molecule has 4 nitrogen and oxygen atoms in total. The first-order valence-electron chi connectivity index (χ1n) is 7.07. The number of aliphatic imine (C=N–C) groups is 1. The van der Waals surface area contributed by atoms with Gasteiger partial charge in [0.2, 0.25) is 5.96 Å². The van der Waals surface area contributed by atoms with Crippen LogP contribution in [0.25, 0.3) is 0 Å². The van der Waals surface area contributed by atoms with Gasteiger partial charge >= 0.3 is 0 Å². The molecule has 4 N–H and O–H groups in total. The van der Waals surface area contributed by atoms with Crippen molar-refractivity contribution in [1.29, 1.82) is 0 Å². The average molecular weight is 260 g/mol. The highest BCUT2D eigenvalue weighted by molar-refractivity contribution is 5.93. The van der Waals surface area contributed by atoms with E-state index in [-0.39, 0.29) is 0 Å². The number of nitrogens with one attached hydrogen (secondary N) is 2. The van der Waals surface area contributed by atoms with E-state index >= 15 is 0 Å². The van der Waals surface area contributed by atoms with Crippen molar-refractivity contribution in [2.45, 2.75) is 52.0 Å². The zero-order chi connectivity index (χ0) is 13.7. The van der Waals surface area contributed by atoms with Gasteiger partial charge in [0.25, 0.3) is 0 Å². The van der Waals surface area contributed by atoms with E-state index in [0.717, 1.165) is 5.69 Å². The first-order chi connectivity index (χ1) is 9.17. The van der Waals surface area contributed by atoms with Gasteiger partial charge in [-0.05, 0) is 49.9 Å². The second-order valence-electron chi connectivity index (χ2n) is 5.42. The molecule has 1 aromatic rings. The van der Waals surface area contributed by atoms with Crippen molar-refractivity contribution in [2.75, 3.05) is 5.32 Å². The number of nitrogens with two attached hydrogens (primary N) is 1. The standard InChI is InChI=1S/C15H24N4/c1-11-8-12(2)10-14(9-11)18-15(19-16)17-13-6-4-3-5-7-13/h8-10,13H,3-7,16H2,1-2H3,(H2,17,18,19). The smallest absolute Gasteiger partial charge is 0.210 e. The Kier molecular flexibility index (Phi) is 4.80. The number of hydrogen-bond donors (Lipinski definition) is 3. The highest BCUT2D eigenvalue weighted by Gasteiger charge is 2.13. The van der Waals surface area contributed by atoms with Gasteiger partial charge in [0, 0.05) is 5.69 Å². The molecule has 19 heavy (non-hydrogen) atoms. The molecule has 0 saturated heterocycles. The molecule has 1 aliphatic carbocycles. The summed E-state index contributed by atoms with van der Waals surface area (Å²) >= 11 is 0. The molecule has 0 amide bonds. The molecule has 0 atom stereocenters. The summed E-state index contributed by atoms with van der Waals surface area (Å²) in [6.45, 7) is 4.18. The summed E-state index contributed by atoms with van der Waals surface area (Å²) in [4.78, 5) is 4.68. The fourth-order valence-electron chi connectivity index (χ4n) is 2.68. The van der Waals surface area contributed by atoms with Crippen LogP contribution in [0.2, 0.25) is 0 Å². The van der Waals surface area contributed by atoms with Crippen LogP contribution < -0.4 is 16.6 Å². The van der Waals surface area contributed by atoms with E-state index in [1.807, 2.05) is 0 Å². The molecule has 1 fully saturated rings. The van der Waals surface area contributed by atoms with Crippen LogP contribution in [0.5, 0.6) is 0 Å². The van der Waals surface area contributed by atoms with Gasteiger partial charge in [0.15, 0.2) is 0 Å². The molecule has 0 aliphatic heterocycles. The van der Waals surface area contributed by atoms with Gasteiger partial charge < -0.3 is 5.32 Å². The minimum Gasteiger partial charge on any atom is -0.325 e. The molecular formula is C15H24N4. The number of hydrogen-bond acceptors (Lipinski definition) is 2. The molecule has 1 saturated carbocycles. The molecule has 4 heteroatoms. The van der Waals surface area contributed by atoms with Crippen molar-refractivity contribution in [1.82, 2.24) is 5.43 Å². The maximum atomic E-state index is 5.57. The van der Waals surface area contributed by atoms with Crippen molar-refractivity contribution < 1.29 is 0 Å². The molecule has 0 bridgehead atoms. The Morgan fingerprint density at radius 2 is 1.74 bits per heavy atom. The Labute approximate surface area is 115 Å². The predicted molar refractivity (Wildman–Crippen MR) is 81.2 cm³/mol. The molecule has 1 aromatic carbocycles. The second-order valence-corrected chi connectivity index (χ2v) is 5.42. The van der Waals surface area contributed by atoms with E-state index in [1.165, 1.54) is 43.2 Å². The van der Waals surface area contributed by atoms with Crippen molar-refractivity contribution in [3.05, 3.63) is 29.3 Å². The third kappa shape index (κ3) is 4.24. The minimum atomic E-state index is 0.401. The molecule has 0 heterocycles. The minimum absolute atomic E-state index is 0.401. The van der Waals surface area contributed by atoms with Crippen molar-refractivity contribution >= 4 is 11.6 Å². The summed E-state index contributed by atoms with van der Waals surface area (Å²) in [5.41, 5.74) is 6.17. The summed E-state index contributed by atoms with van der Waals surface area (Å²) in [7, 11) is 0. The normalized spacial score (nSPS) is 17.3. The van der Waals surface area contributed by atoms with Crippen LogP contribution in [0.4, 0.5) is 5.69 Å². The van der Waals surface area contributed by atoms with Crippen LogP contribution in [0, 0.1) is 13.8 Å². The van der Waals surface area contributed by atoms with E-state index in [2.05, 4.69) is 47.8 Å². The average Bonchev–Trinajstić information content (AvgIpc) is 2.38. The zero-order valence-electron chi connectivity index (χ0n) is 11.9. The van der Waals surface area contributed by atoms with Crippen LogP contribution in [0.1, 0.15) is 43.2 Å². The van der Waals surface area contributed by atoms with Gasteiger partial charge in [-0.15, -0.1) is 0 Å². The number of nitrogens with zero attached hydrogens (tertiary/aromatic N) is 1. The molecule has 104 valence electrons. The fraction of sp³-hybridized carbons (Fsp3) is 0.533. The highest BCUT2D eigenvalue weighted by atomic mass is 15.3. The van der Waals surface area contributed by atoms with E-state index in [9.17, 15) is 0 Å². The summed E-state index contributed by atoms with van der Waals surface area (Å²) in [6, 6.07) is 6.75. The quantitative estimate of drug-likeness (QED) is 0.331. The van der Waals surface area contributed by atoms with Crippen LogP contribution in [-0.2, 0) is 0 Å². The number of anilines is 1. The molecular weight excluding hydrogens is 236 g/mol. The summed E-state index contributed by atoms with van der Waals surface area (Å²) in [5.74, 6) is 6.23. The SMILES string of the molecule is Cc1cc(C)cc(NC(=NC2CCCCC2)NN)c1. The Morgan fingerprint density at radius 3 is 2.32 bits per heavy atom. The zero-order valence-corrected chi connectivity index (χ0v) is 11.9. The van der Waals surface area contributed by atoms with E-state index < -0.39 is 0 Å². The third-order valence-corrected chi connectivity index (χ3v) is 3.51. The predicted octanol–water partition coefficient (Wildman–Crippen LogP) is 2.87. The van der Waals surface area contributed by atoms with Gasteiger partial charge in [0.1, 0.15) is 0 Å². The number of hydrazine groups is 1. The van der Waals surface area contributed by atoms with Gasteiger partial charge in [-0.2, -0.15) is 0 Å². The molecule has 2 rings (SSSR count). The third-order valence-electron chi connectivity index (χ3n) is 3.51. The number of rotatable bonds is 2. The maximum Gasteiger partial charge on any atom is 0.210 e. The van der Waals surface area contributed by atoms with Crippen molar-refractivity contribution in [2.24, 2.45) is 10.8 Å². The van der Waals surface area contributed by atoms with E-state index in [1.54, 1.807) is 0 Å². The Bertz CT molecular complexity index is 427. The number of benzene rings is 1. The molecule has 0 spiro atoms. The van der Waals surface area contributed by atoms with Gasteiger partial charge in [-0.25, -0.2) is 10.8 Å². The lowest BCUT2D eigenvalue weighted by Crippen LogP contribution is -2.37. The monoisotopic (exact) mass is 260 g/mol. The fourth-order valence-corrected chi connectivity index (χ4v) is 2.68. The second kappa shape index (κ2) is 6.57. The molecule has 1 aliphatic rings. The van der Waals surface area contributed by atoms with E-state index in [4.69, 9.17) is 5.84 Å². The van der Waals surface area contributed by atoms with Gasteiger partial charge in [-0.1, -0.05) is 25.3 Å². The summed E-state index contributed by atoms with van der Waals surface area (Å²) in [5, 5.41) is 3.27. The number of aryl methyl sites for hydroxylation is 2. The van der Waals surface area contributed by atoms with Crippen LogP contribution in [0.3, 0.4) is 0 Å². The molecule has 0 radical (unpaired) electrons. The largest absolute Gasteiger partial charge is 0.325 e. The van der Waals surface area contributed by atoms with Crippen LogP contribution in [0.15, 0.2) is 23.2 Å². The lowest BCUT2D eigenvalue weighted by molar-refractivity contribution is 0.442. The van der Waals surface area contributed by atoms with E-state index in [0.29, 0.717) is 12.0 Å². The first kappa shape index (κ1) is 13.9. The lowest BCUT2D eigenvalue weighted by atomic mass is 9.96. The summed E-state index contributed by atoms with van der Waals surface area (Å²) in [6.07, 6.45) is 6.21. The van der Waals surface area contributed by atoms with Crippen molar-refractivity contribution in [3.63, 3.8) is 0 Å². The maximum absolute atomic E-state index is 5.57. The van der Waals surface area contributed by atoms with Crippen molar-refractivity contribution in [3.8, 4) is 0 Å². The Morgan fingerprint density at radius 1 is 1.11 bits per heavy atom. The Hall–Kier alpha value is -1.55. The highest BCUT2D eigenvalue weighted by Crippen LogP contribution is 2.20. The van der Waals surface area contributed by atoms with Crippen LogP contribution in [-0.4, -0.2) is 12.0 Å². The van der Waals surface area contributed by atoms with Gasteiger partial charge in [0.05, 0.1) is 6.04 Å². The van der Waals surface area contributed by atoms with Gasteiger partial charge in [-0.3, -0.25) is 5.43 Å². The molecule has 0 aromatic heterocycles. The number of guanidine groups is 1. The lowest BCUT2D eigenvalue weighted by Gasteiger charge is -2.19. The van der Waals surface area contributed by atoms with Crippen LogP contribution >= 0.6 is 0 Å². The first-order valence-corrected chi connectivity index (χ1v) is 7.07. The topological polar surface area (TPSA) is 62.4 Å².